The third-order valence-electron chi connectivity index (χ3n) is 2.49. The molecule has 0 aliphatic rings. The van der Waals surface area contributed by atoms with E-state index >= 15 is 0 Å². The van der Waals surface area contributed by atoms with Crippen molar-refractivity contribution in [3.05, 3.63) is 48.0 Å². The molecular weight excluding hydrogens is 222 g/mol. The van der Waals surface area contributed by atoms with Gasteiger partial charge in [-0.15, -0.1) is 0 Å². The lowest BCUT2D eigenvalue weighted by Crippen LogP contribution is -1.84. The predicted molar refractivity (Wildman–Crippen MR) is 64.3 cm³/mol. The molecule has 0 aliphatic carbocycles. The Labute approximate surface area is 97.1 Å². The molecule has 0 radical (unpaired) electrons. The summed E-state index contributed by atoms with van der Waals surface area (Å²) in [5, 5.41) is 1.64. The lowest BCUT2D eigenvalue weighted by Gasteiger charge is -2.03. The van der Waals surface area contributed by atoms with Crippen molar-refractivity contribution < 1.29 is 0 Å². The van der Waals surface area contributed by atoms with E-state index in [4.69, 9.17) is 11.6 Å². The van der Waals surface area contributed by atoms with E-state index in [-0.39, 0.29) is 0 Å². The van der Waals surface area contributed by atoms with Gasteiger partial charge in [0.2, 0.25) is 0 Å². The molecule has 3 aromatic rings. The summed E-state index contributed by atoms with van der Waals surface area (Å²) in [4.78, 5) is 11.4. The van der Waals surface area contributed by atoms with Crippen LogP contribution in [0.15, 0.2) is 43.0 Å². The lowest BCUT2D eigenvalue weighted by molar-refractivity contribution is 1.30. The van der Waals surface area contributed by atoms with Crippen molar-refractivity contribution in [2.24, 2.45) is 0 Å². The minimum atomic E-state index is 0.708. The Morgan fingerprint density at radius 2 is 2.12 bits per heavy atom. The highest BCUT2D eigenvalue weighted by molar-refractivity contribution is 6.37. The van der Waals surface area contributed by atoms with Gasteiger partial charge in [0, 0.05) is 41.3 Å². The molecular formula is C12H8ClN3. The van der Waals surface area contributed by atoms with Crippen molar-refractivity contribution in [2.45, 2.75) is 0 Å². The van der Waals surface area contributed by atoms with Gasteiger partial charge in [0.1, 0.15) is 5.65 Å². The molecule has 3 nitrogen and oxygen atoms in total. The third kappa shape index (κ3) is 1.37. The maximum atomic E-state index is 6.33. The SMILES string of the molecule is Clc1c(-c2cccnc2)cnc2[nH]ccc12. The summed E-state index contributed by atoms with van der Waals surface area (Å²) in [6.45, 7) is 0. The summed E-state index contributed by atoms with van der Waals surface area (Å²) in [5.74, 6) is 0. The zero-order valence-corrected chi connectivity index (χ0v) is 9.07. The topological polar surface area (TPSA) is 41.6 Å². The Hall–Kier alpha value is -1.87. The average molecular weight is 230 g/mol. The van der Waals surface area contributed by atoms with E-state index in [1.165, 1.54) is 0 Å². The van der Waals surface area contributed by atoms with Crippen molar-refractivity contribution in [1.29, 1.82) is 0 Å². The van der Waals surface area contributed by atoms with Crippen molar-refractivity contribution in [2.75, 3.05) is 0 Å². The van der Waals surface area contributed by atoms with Crippen molar-refractivity contribution in [3.63, 3.8) is 0 Å². The molecule has 3 aromatic heterocycles. The summed E-state index contributed by atoms with van der Waals surface area (Å²) < 4.78 is 0. The summed E-state index contributed by atoms with van der Waals surface area (Å²) in [5.41, 5.74) is 2.68. The number of aromatic nitrogens is 3. The molecule has 3 rings (SSSR count). The van der Waals surface area contributed by atoms with Crippen LogP contribution in [0.25, 0.3) is 22.2 Å². The second-order valence-electron chi connectivity index (χ2n) is 3.47. The van der Waals surface area contributed by atoms with Gasteiger partial charge in [0.05, 0.1) is 5.02 Å². The highest BCUT2D eigenvalue weighted by Gasteiger charge is 2.08. The first-order valence-corrected chi connectivity index (χ1v) is 5.26. The Balaban J connectivity index is 2.28. The maximum Gasteiger partial charge on any atom is 0.138 e. The van der Waals surface area contributed by atoms with E-state index < -0.39 is 0 Å². The summed E-state index contributed by atoms with van der Waals surface area (Å²) in [7, 11) is 0. The number of fused-ring (bicyclic) bond motifs is 1. The van der Waals surface area contributed by atoms with Crippen molar-refractivity contribution >= 4 is 22.6 Å². The van der Waals surface area contributed by atoms with Crippen LogP contribution >= 0.6 is 11.6 Å². The van der Waals surface area contributed by atoms with E-state index in [2.05, 4.69) is 15.0 Å². The van der Waals surface area contributed by atoms with Crippen LogP contribution in [0.5, 0.6) is 0 Å². The van der Waals surface area contributed by atoms with Crippen molar-refractivity contribution in [1.82, 2.24) is 15.0 Å². The van der Waals surface area contributed by atoms with Crippen LogP contribution in [0.1, 0.15) is 0 Å². The number of halogens is 1. The first-order chi connectivity index (χ1) is 7.86. The maximum absolute atomic E-state index is 6.33. The molecule has 0 bridgehead atoms. The Bertz CT molecular complexity index is 631. The summed E-state index contributed by atoms with van der Waals surface area (Å²) >= 11 is 6.33. The second-order valence-corrected chi connectivity index (χ2v) is 3.85. The lowest BCUT2D eigenvalue weighted by atomic mass is 10.1. The molecule has 78 valence electrons. The van der Waals surface area contributed by atoms with Crippen LogP contribution < -0.4 is 0 Å². The van der Waals surface area contributed by atoms with E-state index in [0.29, 0.717) is 5.02 Å². The average Bonchev–Trinajstić information content (AvgIpc) is 2.80. The van der Waals surface area contributed by atoms with Gasteiger partial charge in [-0.05, 0) is 12.1 Å². The molecule has 1 N–H and O–H groups in total. The number of hydrogen-bond acceptors (Lipinski definition) is 2. The zero-order chi connectivity index (χ0) is 11.0. The monoisotopic (exact) mass is 229 g/mol. The molecule has 0 saturated heterocycles. The second kappa shape index (κ2) is 3.61. The zero-order valence-electron chi connectivity index (χ0n) is 8.31. The molecule has 4 heteroatoms. The minimum Gasteiger partial charge on any atom is -0.346 e. The first-order valence-electron chi connectivity index (χ1n) is 4.88. The van der Waals surface area contributed by atoms with E-state index in [1.807, 2.05) is 24.4 Å². The van der Waals surface area contributed by atoms with Crippen LogP contribution in [0.3, 0.4) is 0 Å². The van der Waals surface area contributed by atoms with Crippen LogP contribution in [-0.4, -0.2) is 15.0 Å². The number of nitrogens with zero attached hydrogens (tertiary/aromatic N) is 2. The molecule has 0 spiro atoms. The molecule has 0 amide bonds. The highest BCUT2D eigenvalue weighted by Crippen LogP contribution is 2.31. The summed E-state index contributed by atoms with van der Waals surface area (Å²) in [6, 6.07) is 5.77. The predicted octanol–water partition coefficient (Wildman–Crippen LogP) is 3.28. The van der Waals surface area contributed by atoms with E-state index in [1.54, 1.807) is 18.6 Å². The van der Waals surface area contributed by atoms with Crippen LogP contribution in [0.4, 0.5) is 0 Å². The quantitative estimate of drug-likeness (QED) is 0.696. The smallest absolute Gasteiger partial charge is 0.138 e. The van der Waals surface area contributed by atoms with Gasteiger partial charge in [-0.2, -0.15) is 0 Å². The normalized spacial score (nSPS) is 10.8. The Morgan fingerprint density at radius 1 is 1.19 bits per heavy atom. The van der Waals surface area contributed by atoms with Gasteiger partial charge in [-0.1, -0.05) is 17.7 Å². The van der Waals surface area contributed by atoms with Crippen LogP contribution in [0, 0.1) is 0 Å². The van der Waals surface area contributed by atoms with Gasteiger partial charge in [-0.3, -0.25) is 4.98 Å². The fourth-order valence-corrected chi connectivity index (χ4v) is 2.01. The Morgan fingerprint density at radius 3 is 2.94 bits per heavy atom. The third-order valence-corrected chi connectivity index (χ3v) is 2.90. The molecule has 0 atom stereocenters. The van der Waals surface area contributed by atoms with Crippen molar-refractivity contribution in [3.8, 4) is 11.1 Å². The molecule has 0 fully saturated rings. The highest BCUT2D eigenvalue weighted by atomic mass is 35.5. The number of aromatic amines is 1. The molecule has 3 heterocycles. The largest absolute Gasteiger partial charge is 0.346 e. The van der Waals surface area contributed by atoms with Gasteiger partial charge in [0.15, 0.2) is 0 Å². The number of pyridine rings is 2. The number of hydrogen-bond donors (Lipinski definition) is 1. The number of H-pyrrole nitrogens is 1. The Kier molecular flexibility index (Phi) is 2.11. The molecule has 0 saturated carbocycles. The standard InChI is InChI=1S/C12H8ClN3/c13-11-9-3-5-15-12(9)16-7-10(11)8-2-1-4-14-6-8/h1-7H,(H,15,16). The summed E-state index contributed by atoms with van der Waals surface area (Å²) in [6.07, 6.45) is 7.11. The molecule has 0 aliphatic heterocycles. The molecule has 0 unspecified atom stereocenters. The fraction of sp³-hybridized carbons (Fsp3) is 0. The van der Waals surface area contributed by atoms with E-state index in [0.717, 1.165) is 22.2 Å². The molecule has 16 heavy (non-hydrogen) atoms. The number of nitrogens with one attached hydrogen (secondary N) is 1. The van der Waals surface area contributed by atoms with Gasteiger partial charge in [-0.25, -0.2) is 4.98 Å². The minimum absolute atomic E-state index is 0.708. The van der Waals surface area contributed by atoms with E-state index in [9.17, 15) is 0 Å². The number of rotatable bonds is 1. The molecule has 0 aromatic carbocycles. The van der Waals surface area contributed by atoms with Gasteiger partial charge in [0.25, 0.3) is 0 Å². The van der Waals surface area contributed by atoms with Crippen LogP contribution in [-0.2, 0) is 0 Å². The van der Waals surface area contributed by atoms with Crippen LogP contribution in [0.2, 0.25) is 5.02 Å². The van der Waals surface area contributed by atoms with Gasteiger partial charge < -0.3 is 4.98 Å². The van der Waals surface area contributed by atoms with Gasteiger partial charge >= 0.3 is 0 Å². The first kappa shape index (κ1) is 9.36. The fourth-order valence-electron chi connectivity index (χ4n) is 1.70.